The van der Waals surface area contributed by atoms with E-state index in [1.54, 1.807) is 11.6 Å². The highest BCUT2D eigenvalue weighted by molar-refractivity contribution is 7.15. The number of aldehydes is 1. The van der Waals surface area contributed by atoms with E-state index in [1.165, 1.54) is 15.7 Å². The number of thiazole rings is 1. The third-order valence-corrected chi connectivity index (χ3v) is 3.24. The zero-order chi connectivity index (χ0) is 13.6. The quantitative estimate of drug-likeness (QED) is 0.680. The Kier molecular flexibility index (Phi) is 2.45. The molecule has 0 amide bonds. The van der Waals surface area contributed by atoms with Gasteiger partial charge in [-0.3, -0.25) is 9.20 Å². The van der Waals surface area contributed by atoms with Crippen molar-refractivity contribution in [1.29, 1.82) is 0 Å². The Balaban J connectivity index is 2.16. The average Bonchev–Trinajstić information content (AvgIpc) is 3.01. The smallest absolute Gasteiger partial charge is 0.296 e. The highest BCUT2D eigenvalue weighted by Crippen LogP contribution is 2.28. The van der Waals surface area contributed by atoms with Gasteiger partial charge in [-0.2, -0.15) is 23.3 Å². The molecule has 0 aromatic carbocycles. The largest absolute Gasteiger partial charge is 0.435 e. The molecule has 0 saturated carbocycles. The van der Waals surface area contributed by atoms with Crippen LogP contribution < -0.4 is 0 Å². The minimum Gasteiger partial charge on any atom is -0.296 e. The van der Waals surface area contributed by atoms with Crippen LogP contribution >= 0.6 is 11.3 Å². The van der Waals surface area contributed by atoms with Gasteiger partial charge in [0, 0.05) is 17.8 Å². The summed E-state index contributed by atoms with van der Waals surface area (Å²) in [6.07, 6.45) is -1.24. The molecular formula is C10H5F3N4OS. The van der Waals surface area contributed by atoms with Crippen LogP contribution in [0.3, 0.4) is 0 Å². The highest BCUT2D eigenvalue weighted by Gasteiger charge is 2.34. The van der Waals surface area contributed by atoms with Crippen LogP contribution in [0.4, 0.5) is 13.2 Å². The normalized spacial score (nSPS) is 12.2. The molecule has 0 spiro atoms. The maximum atomic E-state index is 12.5. The van der Waals surface area contributed by atoms with E-state index in [1.807, 2.05) is 0 Å². The molecule has 0 aliphatic rings. The molecule has 0 aliphatic carbocycles. The van der Waals surface area contributed by atoms with Crippen molar-refractivity contribution in [3.63, 3.8) is 0 Å². The van der Waals surface area contributed by atoms with Crippen LogP contribution in [0.5, 0.6) is 0 Å². The van der Waals surface area contributed by atoms with Gasteiger partial charge in [-0.05, 0) is 6.07 Å². The summed E-state index contributed by atoms with van der Waals surface area (Å²) in [4.78, 5) is 15.7. The second-order valence-electron chi connectivity index (χ2n) is 3.64. The molecular weight excluding hydrogens is 281 g/mol. The summed E-state index contributed by atoms with van der Waals surface area (Å²) in [5, 5.41) is 5.12. The van der Waals surface area contributed by atoms with E-state index in [9.17, 15) is 18.0 Å². The summed E-state index contributed by atoms with van der Waals surface area (Å²) in [5.41, 5.74) is -0.867. The molecule has 3 aromatic heterocycles. The number of hydrogen-bond acceptors (Lipinski definition) is 4. The minimum atomic E-state index is -4.52. The van der Waals surface area contributed by atoms with Gasteiger partial charge in [0.1, 0.15) is 5.69 Å². The second kappa shape index (κ2) is 3.92. The summed E-state index contributed by atoms with van der Waals surface area (Å²) in [7, 11) is 0. The van der Waals surface area contributed by atoms with Gasteiger partial charge in [-0.15, -0.1) is 11.3 Å². The van der Waals surface area contributed by atoms with Crippen LogP contribution in [0, 0.1) is 0 Å². The van der Waals surface area contributed by atoms with Crippen LogP contribution in [0.15, 0.2) is 23.8 Å². The molecule has 5 nitrogen and oxygen atoms in total. The molecule has 0 unspecified atom stereocenters. The Hall–Kier alpha value is -2.16. The first-order valence-electron chi connectivity index (χ1n) is 5.04. The molecule has 98 valence electrons. The van der Waals surface area contributed by atoms with Crippen LogP contribution in [0.25, 0.3) is 10.8 Å². The van der Waals surface area contributed by atoms with E-state index >= 15 is 0 Å². The van der Waals surface area contributed by atoms with Crippen LogP contribution in [-0.4, -0.2) is 25.5 Å². The molecule has 0 N–H and O–H groups in total. The number of rotatable bonds is 2. The Morgan fingerprint density at radius 1 is 1.32 bits per heavy atom. The van der Waals surface area contributed by atoms with Gasteiger partial charge < -0.3 is 0 Å². The van der Waals surface area contributed by atoms with Gasteiger partial charge in [0.15, 0.2) is 22.8 Å². The second-order valence-corrected chi connectivity index (χ2v) is 4.51. The van der Waals surface area contributed by atoms with E-state index in [0.717, 1.165) is 16.9 Å². The minimum absolute atomic E-state index is 0.0809. The number of imidazole rings is 1. The first-order valence-corrected chi connectivity index (χ1v) is 5.92. The van der Waals surface area contributed by atoms with E-state index in [4.69, 9.17) is 0 Å². The van der Waals surface area contributed by atoms with Crippen LogP contribution in [0.2, 0.25) is 0 Å². The molecule has 0 saturated heterocycles. The average molecular weight is 286 g/mol. The fraction of sp³-hybridized carbons (Fsp3) is 0.100. The predicted octanol–water partition coefficient (Wildman–Crippen LogP) is 2.41. The van der Waals surface area contributed by atoms with Gasteiger partial charge in [-0.1, -0.05) is 0 Å². The molecule has 0 fully saturated rings. The standard InChI is InChI=1S/C10H5F3N4OS/c11-10(12,13)7-1-2-17(15-7)8-6(5-18)16-3-4-19-9(16)14-8/h1-5H. The molecule has 0 radical (unpaired) electrons. The number of aromatic nitrogens is 4. The molecule has 19 heavy (non-hydrogen) atoms. The third-order valence-electron chi connectivity index (χ3n) is 2.49. The number of carbonyl (C=O) groups is 1. The van der Waals surface area contributed by atoms with Crippen molar-refractivity contribution in [2.24, 2.45) is 0 Å². The lowest BCUT2D eigenvalue weighted by Gasteiger charge is -2.01. The van der Waals surface area contributed by atoms with Crippen molar-refractivity contribution in [2.75, 3.05) is 0 Å². The van der Waals surface area contributed by atoms with E-state index < -0.39 is 11.9 Å². The molecule has 3 heterocycles. The lowest BCUT2D eigenvalue weighted by molar-refractivity contribution is -0.141. The number of fused-ring (bicyclic) bond motifs is 1. The van der Waals surface area contributed by atoms with E-state index in [0.29, 0.717) is 11.2 Å². The monoisotopic (exact) mass is 286 g/mol. The van der Waals surface area contributed by atoms with E-state index in [-0.39, 0.29) is 11.5 Å². The van der Waals surface area contributed by atoms with Gasteiger partial charge in [0.2, 0.25) is 0 Å². The molecule has 0 bridgehead atoms. The van der Waals surface area contributed by atoms with Crippen molar-refractivity contribution in [2.45, 2.75) is 6.18 Å². The van der Waals surface area contributed by atoms with Crippen molar-refractivity contribution in [3.05, 3.63) is 35.2 Å². The maximum absolute atomic E-state index is 12.5. The van der Waals surface area contributed by atoms with Crippen molar-refractivity contribution in [1.82, 2.24) is 19.2 Å². The first-order chi connectivity index (χ1) is 9.00. The van der Waals surface area contributed by atoms with Gasteiger partial charge in [0.25, 0.3) is 0 Å². The number of hydrogen-bond donors (Lipinski definition) is 0. The fourth-order valence-corrected chi connectivity index (χ4v) is 2.38. The maximum Gasteiger partial charge on any atom is 0.435 e. The Labute approximate surface area is 107 Å². The summed E-state index contributed by atoms with van der Waals surface area (Å²) in [5.74, 6) is 0.0809. The van der Waals surface area contributed by atoms with Crippen molar-refractivity contribution >= 4 is 22.6 Å². The lowest BCUT2D eigenvalue weighted by Crippen LogP contribution is -2.08. The molecule has 3 aromatic rings. The third kappa shape index (κ3) is 1.82. The molecule has 0 atom stereocenters. The summed E-state index contributed by atoms with van der Waals surface area (Å²) in [6, 6.07) is 0.835. The summed E-state index contributed by atoms with van der Waals surface area (Å²) >= 11 is 1.27. The van der Waals surface area contributed by atoms with Gasteiger partial charge in [-0.25, -0.2) is 4.68 Å². The van der Waals surface area contributed by atoms with Crippen molar-refractivity contribution < 1.29 is 18.0 Å². The molecule has 9 heteroatoms. The summed E-state index contributed by atoms with van der Waals surface area (Å²) < 4.78 is 39.9. The Bertz CT molecular complexity index is 754. The lowest BCUT2D eigenvalue weighted by atomic mass is 10.4. The fourth-order valence-electron chi connectivity index (χ4n) is 1.66. The topological polar surface area (TPSA) is 52.2 Å². The number of nitrogens with zero attached hydrogens (tertiary/aromatic N) is 4. The highest BCUT2D eigenvalue weighted by atomic mass is 32.1. The Morgan fingerprint density at radius 2 is 2.11 bits per heavy atom. The van der Waals surface area contributed by atoms with Crippen molar-refractivity contribution in [3.8, 4) is 5.82 Å². The predicted molar refractivity (Wildman–Crippen MR) is 60.6 cm³/mol. The molecule has 0 aliphatic heterocycles. The first kappa shape index (κ1) is 11.9. The van der Waals surface area contributed by atoms with Crippen LogP contribution in [-0.2, 0) is 6.18 Å². The van der Waals surface area contributed by atoms with Gasteiger partial charge >= 0.3 is 6.18 Å². The zero-order valence-corrected chi connectivity index (χ0v) is 9.94. The number of halogens is 3. The summed E-state index contributed by atoms with van der Waals surface area (Å²) in [6.45, 7) is 0. The number of carbonyl (C=O) groups excluding carboxylic acids is 1. The van der Waals surface area contributed by atoms with Crippen LogP contribution in [0.1, 0.15) is 16.2 Å². The van der Waals surface area contributed by atoms with Gasteiger partial charge in [0.05, 0.1) is 0 Å². The Morgan fingerprint density at radius 3 is 2.74 bits per heavy atom. The zero-order valence-electron chi connectivity index (χ0n) is 9.13. The van der Waals surface area contributed by atoms with E-state index in [2.05, 4.69) is 10.1 Å². The molecule has 3 rings (SSSR count). The SMILES string of the molecule is O=Cc1c(-n2ccc(C(F)(F)F)n2)nc2sccn12. The number of alkyl halides is 3.